The molecule has 0 bridgehead atoms. The summed E-state index contributed by atoms with van der Waals surface area (Å²) < 4.78 is 6.16. The number of ether oxygens (including phenoxy) is 1. The molecule has 0 aliphatic rings. The molecule has 0 saturated carbocycles. The molecule has 0 spiro atoms. The van der Waals surface area contributed by atoms with Crippen molar-refractivity contribution in [3.05, 3.63) is 35.7 Å². The molecule has 1 aromatic rings. The van der Waals surface area contributed by atoms with Crippen molar-refractivity contribution in [1.29, 1.82) is 0 Å². The Morgan fingerprint density at radius 1 is 1.47 bits per heavy atom. The molecule has 0 saturated heterocycles. The molecule has 2 nitrogen and oxygen atoms in total. The summed E-state index contributed by atoms with van der Waals surface area (Å²) in [4.78, 5) is 4.33. The minimum atomic E-state index is 0.761. The fraction of sp³-hybridized carbons (Fsp3) is 0.250. The largest absolute Gasteiger partial charge is 0.495 e. The monoisotopic (exact) mass is 267 g/mol. The van der Waals surface area contributed by atoms with Gasteiger partial charge < -0.3 is 4.74 Å². The van der Waals surface area contributed by atoms with Gasteiger partial charge in [0.2, 0.25) is 0 Å². The van der Waals surface area contributed by atoms with E-state index >= 15 is 0 Å². The van der Waals surface area contributed by atoms with E-state index in [0.29, 0.717) is 0 Å². The van der Waals surface area contributed by atoms with Crippen LogP contribution < -0.4 is 4.74 Å². The molecule has 80 valence electrons. The number of nitrogens with zero attached hydrogens (tertiary/aromatic N) is 1. The van der Waals surface area contributed by atoms with Crippen LogP contribution in [0.2, 0.25) is 0 Å². The van der Waals surface area contributed by atoms with Crippen molar-refractivity contribution in [2.45, 2.75) is 13.8 Å². The van der Waals surface area contributed by atoms with E-state index in [1.807, 2.05) is 38.1 Å². The second-order valence-electron chi connectivity index (χ2n) is 2.94. The molecule has 15 heavy (non-hydrogen) atoms. The van der Waals surface area contributed by atoms with Gasteiger partial charge in [-0.2, -0.15) is 0 Å². The quantitative estimate of drug-likeness (QED) is 0.829. The fourth-order valence-electron chi connectivity index (χ4n) is 1.21. The summed E-state index contributed by atoms with van der Waals surface area (Å²) in [5, 5.41) is 0. The molecule has 3 heteroatoms. The number of halogens is 1. The van der Waals surface area contributed by atoms with Gasteiger partial charge in [0.05, 0.1) is 19.0 Å². The van der Waals surface area contributed by atoms with Gasteiger partial charge in [0.1, 0.15) is 5.75 Å². The Bertz CT molecular complexity index is 397. The highest BCUT2D eigenvalue weighted by Gasteiger charge is 2.05. The lowest BCUT2D eigenvalue weighted by atomic mass is 10.1. The van der Waals surface area contributed by atoms with Gasteiger partial charge in [0.15, 0.2) is 0 Å². The van der Waals surface area contributed by atoms with E-state index in [1.165, 1.54) is 0 Å². The maximum atomic E-state index is 5.15. The van der Waals surface area contributed by atoms with Crippen LogP contribution in [0, 0.1) is 0 Å². The first-order valence-corrected chi connectivity index (χ1v) is 5.51. The summed E-state index contributed by atoms with van der Waals surface area (Å²) in [6, 6.07) is 1.96. The number of pyridine rings is 1. The first-order valence-electron chi connectivity index (χ1n) is 4.71. The number of rotatable bonds is 3. The number of hydrogen-bond acceptors (Lipinski definition) is 2. The third kappa shape index (κ3) is 2.93. The number of hydrogen-bond donors (Lipinski definition) is 0. The van der Waals surface area contributed by atoms with Crippen molar-refractivity contribution in [2.75, 3.05) is 7.11 Å². The van der Waals surface area contributed by atoms with Crippen molar-refractivity contribution in [3.8, 4) is 5.75 Å². The standard InChI is InChI=1S/C12H14BrNO/c1-4-6-12-10(11(13)5-2)7-9(15-3)8-14-12/h4-8H,1-3H3/b6-4-,11-5+. The van der Waals surface area contributed by atoms with Gasteiger partial charge in [-0.05, 0) is 26.0 Å². The molecule has 0 amide bonds. The molecule has 0 aromatic carbocycles. The zero-order chi connectivity index (χ0) is 11.3. The molecular weight excluding hydrogens is 254 g/mol. The van der Waals surface area contributed by atoms with Crippen LogP contribution in [0.25, 0.3) is 10.6 Å². The Balaban J connectivity index is 3.28. The third-order valence-electron chi connectivity index (χ3n) is 1.96. The summed E-state index contributed by atoms with van der Waals surface area (Å²) >= 11 is 3.50. The molecule has 0 N–H and O–H groups in total. The molecule has 0 atom stereocenters. The van der Waals surface area contributed by atoms with Crippen molar-refractivity contribution in [2.24, 2.45) is 0 Å². The van der Waals surface area contributed by atoms with Crippen LogP contribution in [0.5, 0.6) is 5.75 Å². The van der Waals surface area contributed by atoms with Crippen molar-refractivity contribution < 1.29 is 4.74 Å². The molecule has 1 aromatic heterocycles. The maximum absolute atomic E-state index is 5.15. The van der Waals surface area contributed by atoms with Gasteiger partial charge in [0, 0.05) is 10.0 Å². The zero-order valence-corrected chi connectivity index (χ0v) is 10.7. The first-order chi connectivity index (χ1) is 7.22. The minimum absolute atomic E-state index is 0.761. The van der Waals surface area contributed by atoms with E-state index in [9.17, 15) is 0 Å². The molecule has 0 aliphatic heterocycles. The normalized spacial score (nSPS) is 12.1. The van der Waals surface area contributed by atoms with E-state index in [2.05, 4.69) is 20.9 Å². The molecule has 0 unspecified atom stereocenters. The van der Waals surface area contributed by atoms with Gasteiger partial charge >= 0.3 is 0 Å². The van der Waals surface area contributed by atoms with Gasteiger partial charge in [-0.25, -0.2) is 0 Å². The molecule has 1 heterocycles. The smallest absolute Gasteiger partial charge is 0.137 e. The van der Waals surface area contributed by atoms with Crippen LogP contribution >= 0.6 is 15.9 Å². The van der Waals surface area contributed by atoms with Crippen LogP contribution in [0.3, 0.4) is 0 Å². The van der Waals surface area contributed by atoms with Crippen LogP contribution in [-0.4, -0.2) is 12.1 Å². The van der Waals surface area contributed by atoms with Crippen LogP contribution in [0.4, 0.5) is 0 Å². The lowest BCUT2D eigenvalue weighted by Crippen LogP contribution is -1.92. The predicted octanol–water partition coefficient (Wildman–Crippen LogP) is 3.88. The Hall–Kier alpha value is -1.09. The molecule has 1 rings (SSSR count). The molecular formula is C12H14BrNO. The van der Waals surface area contributed by atoms with Crippen molar-refractivity contribution in [1.82, 2.24) is 4.98 Å². The Labute approximate surface area is 98.8 Å². The van der Waals surface area contributed by atoms with E-state index in [-0.39, 0.29) is 0 Å². The number of methoxy groups -OCH3 is 1. The van der Waals surface area contributed by atoms with E-state index in [0.717, 1.165) is 21.5 Å². The lowest BCUT2D eigenvalue weighted by Gasteiger charge is -2.06. The maximum Gasteiger partial charge on any atom is 0.137 e. The van der Waals surface area contributed by atoms with Gasteiger partial charge in [0.25, 0.3) is 0 Å². The highest BCUT2D eigenvalue weighted by molar-refractivity contribution is 9.15. The average Bonchev–Trinajstić information content (AvgIpc) is 2.29. The summed E-state index contributed by atoms with van der Waals surface area (Å²) in [5.41, 5.74) is 1.97. The second kappa shape index (κ2) is 5.71. The van der Waals surface area contributed by atoms with Crippen LogP contribution in [0.15, 0.2) is 24.4 Å². The number of aromatic nitrogens is 1. The first kappa shape index (κ1) is 12.0. The van der Waals surface area contributed by atoms with Gasteiger partial charge in [-0.3, -0.25) is 4.98 Å². The second-order valence-corrected chi connectivity index (χ2v) is 3.80. The Morgan fingerprint density at radius 3 is 2.73 bits per heavy atom. The third-order valence-corrected chi connectivity index (χ3v) is 2.85. The summed E-state index contributed by atoms with van der Waals surface area (Å²) in [5.74, 6) is 0.761. The number of allylic oxidation sites excluding steroid dienone is 2. The zero-order valence-electron chi connectivity index (χ0n) is 9.12. The Morgan fingerprint density at radius 2 is 2.20 bits per heavy atom. The van der Waals surface area contributed by atoms with E-state index < -0.39 is 0 Å². The van der Waals surface area contributed by atoms with Crippen LogP contribution in [-0.2, 0) is 0 Å². The molecule has 0 fully saturated rings. The summed E-state index contributed by atoms with van der Waals surface area (Å²) in [6.07, 6.45) is 7.64. The van der Waals surface area contributed by atoms with Crippen molar-refractivity contribution >= 4 is 26.5 Å². The lowest BCUT2D eigenvalue weighted by molar-refractivity contribution is 0.412. The van der Waals surface area contributed by atoms with E-state index in [1.54, 1.807) is 13.3 Å². The molecule has 0 radical (unpaired) electrons. The predicted molar refractivity (Wildman–Crippen MR) is 68.1 cm³/mol. The SMILES string of the molecule is C/C=C\c1ncc(OC)cc1/C(Br)=C\C. The van der Waals surface area contributed by atoms with Crippen LogP contribution in [0.1, 0.15) is 25.1 Å². The topological polar surface area (TPSA) is 22.1 Å². The Kier molecular flexibility index (Phi) is 4.56. The molecule has 0 aliphatic carbocycles. The van der Waals surface area contributed by atoms with E-state index in [4.69, 9.17) is 4.74 Å². The highest BCUT2D eigenvalue weighted by atomic mass is 79.9. The van der Waals surface area contributed by atoms with Gasteiger partial charge in [-0.15, -0.1) is 0 Å². The minimum Gasteiger partial charge on any atom is -0.495 e. The fourth-order valence-corrected chi connectivity index (χ4v) is 1.52. The van der Waals surface area contributed by atoms with Crippen molar-refractivity contribution in [3.63, 3.8) is 0 Å². The summed E-state index contributed by atoms with van der Waals surface area (Å²) in [7, 11) is 1.64. The van der Waals surface area contributed by atoms with Gasteiger partial charge in [-0.1, -0.05) is 28.1 Å². The summed E-state index contributed by atoms with van der Waals surface area (Å²) in [6.45, 7) is 3.95. The average molecular weight is 268 g/mol. The highest BCUT2D eigenvalue weighted by Crippen LogP contribution is 2.27.